The highest BCUT2D eigenvalue weighted by Crippen LogP contribution is 2.05. The average molecular weight is 275 g/mol. The summed E-state index contributed by atoms with van der Waals surface area (Å²) in [5.74, 6) is 0. The SMILES string of the molecule is CCN1CCN(C(=O)N[C@@H](C)Cc2ccccc2)CC1. The van der Waals surface area contributed by atoms with E-state index >= 15 is 0 Å². The number of piperazine rings is 1. The molecule has 1 aliphatic heterocycles. The number of rotatable bonds is 4. The highest BCUT2D eigenvalue weighted by atomic mass is 16.2. The Bertz CT molecular complexity index is 413. The summed E-state index contributed by atoms with van der Waals surface area (Å²) in [6, 6.07) is 10.5. The maximum absolute atomic E-state index is 12.2. The van der Waals surface area contributed by atoms with Crippen LogP contribution in [0.3, 0.4) is 0 Å². The molecule has 4 heteroatoms. The third-order valence-corrected chi connectivity index (χ3v) is 3.86. The van der Waals surface area contributed by atoms with Gasteiger partial charge in [-0.05, 0) is 25.5 Å². The number of nitrogens with zero attached hydrogens (tertiary/aromatic N) is 2. The highest BCUT2D eigenvalue weighted by Gasteiger charge is 2.20. The van der Waals surface area contributed by atoms with Crippen molar-refractivity contribution in [3.8, 4) is 0 Å². The minimum absolute atomic E-state index is 0.0733. The van der Waals surface area contributed by atoms with E-state index in [1.54, 1.807) is 0 Å². The van der Waals surface area contributed by atoms with Crippen LogP contribution in [0.25, 0.3) is 0 Å². The largest absolute Gasteiger partial charge is 0.335 e. The number of amides is 2. The average Bonchev–Trinajstić information content (AvgIpc) is 2.48. The van der Waals surface area contributed by atoms with Gasteiger partial charge in [-0.1, -0.05) is 37.3 Å². The second kappa shape index (κ2) is 7.29. The van der Waals surface area contributed by atoms with Crippen LogP contribution in [-0.2, 0) is 6.42 Å². The smallest absolute Gasteiger partial charge is 0.317 e. The molecule has 1 fully saturated rings. The fourth-order valence-corrected chi connectivity index (χ4v) is 2.59. The molecule has 0 aliphatic carbocycles. The summed E-state index contributed by atoms with van der Waals surface area (Å²) >= 11 is 0. The Balaban J connectivity index is 1.77. The maximum atomic E-state index is 12.2. The molecule has 0 aromatic heterocycles. The lowest BCUT2D eigenvalue weighted by Crippen LogP contribution is -2.53. The van der Waals surface area contributed by atoms with E-state index < -0.39 is 0 Å². The molecule has 0 unspecified atom stereocenters. The van der Waals surface area contributed by atoms with E-state index in [-0.39, 0.29) is 12.1 Å². The standard InChI is InChI=1S/C16H25N3O/c1-3-18-9-11-19(12-10-18)16(20)17-14(2)13-15-7-5-4-6-8-15/h4-8,14H,3,9-13H2,1-2H3,(H,17,20)/t14-/m0/s1. The molecule has 2 amide bonds. The number of carbonyl (C=O) groups excluding carboxylic acids is 1. The number of carbonyl (C=O) groups is 1. The van der Waals surface area contributed by atoms with Gasteiger partial charge in [0.15, 0.2) is 0 Å². The van der Waals surface area contributed by atoms with Crippen LogP contribution in [0.5, 0.6) is 0 Å². The van der Waals surface area contributed by atoms with E-state index in [0.717, 1.165) is 39.1 Å². The van der Waals surface area contributed by atoms with Crippen LogP contribution in [0.1, 0.15) is 19.4 Å². The molecular formula is C16H25N3O. The van der Waals surface area contributed by atoms with Crippen LogP contribution in [0.4, 0.5) is 4.79 Å². The first kappa shape index (κ1) is 14.9. The molecule has 0 saturated carbocycles. The van der Waals surface area contributed by atoms with E-state index in [1.807, 2.05) is 23.1 Å². The second-order valence-electron chi connectivity index (χ2n) is 5.46. The van der Waals surface area contributed by atoms with E-state index in [4.69, 9.17) is 0 Å². The zero-order chi connectivity index (χ0) is 14.4. The van der Waals surface area contributed by atoms with E-state index in [0.29, 0.717) is 0 Å². The lowest BCUT2D eigenvalue weighted by molar-refractivity contribution is 0.141. The van der Waals surface area contributed by atoms with Crippen molar-refractivity contribution in [3.05, 3.63) is 35.9 Å². The third kappa shape index (κ3) is 4.23. The van der Waals surface area contributed by atoms with Gasteiger partial charge in [0.05, 0.1) is 0 Å². The summed E-state index contributed by atoms with van der Waals surface area (Å²) in [7, 11) is 0. The molecule has 1 N–H and O–H groups in total. The molecule has 1 aliphatic rings. The topological polar surface area (TPSA) is 35.6 Å². The summed E-state index contributed by atoms with van der Waals surface area (Å²) in [4.78, 5) is 16.5. The summed E-state index contributed by atoms with van der Waals surface area (Å²) < 4.78 is 0. The molecule has 110 valence electrons. The Morgan fingerprint density at radius 2 is 1.85 bits per heavy atom. The fourth-order valence-electron chi connectivity index (χ4n) is 2.59. The van der Waals surface area contributed by atoms with Gasteiger partial charge in [-0.3, -0.25) is 0 Å². The van der Waals surface area contributed by atoms with Crippen molar-refractivity contribution in [2.75, 3.05) is 32.7 Å². The van der Waals surface area contributed by atoms with Gasteiger partial charge in [0.25, 0.3) is 0 Å². The Morgan fingerprint density at radius 1 is 1.20 bits per heavy atom. The van der Waals surface area contributed by atoms with Crippen molar-refractivity contribution < 1.29 is 4.79 Å². The summed E-state index contributed by atoms with van der Waals surface area (Å²) in [6.07, 6.45) is 0.876. The second-order valence-corrected chi connectivity index (χ2v) is 5.46. The van der Waals surface area contributed by atoms with E-state index in [9.17, 15) is 4.79 Å². The van der Waals surface area contributed by atoms with Crippen molar-refractivity contribution in [2.45, 2.75) is 26.3 Å². The normalized spacial score (nSPS) is 17.8. The predicted molar refractivity (Wildman–Crippen MR) is 81.8 cm³/mol. The summed E-state index contributed by atoms with van der Waals surface area (Å²) in [5.41, 5.74) is 1.26. The number of benzene rings is 1. The Morgan fingerprint density at radius 3 is 2.45 bits per heavy atom. The lowest BCUT2D eigenvalue weighted by Gasteiger charge is -2.34. The van der Waals surface area contributed by atoms with Crippen molar-refractivity contribution in [2.24, 2.45) is 0 Å². The van der Waals surface area contributed by atoms with Gasteiger partial charge in [0.1, 0.15) is 0 Å². The van der Waals surface area contributed by atoms with E-state index in [2.05, 4.69) is 36.2 Å². The van der Waals surface area contributed by atoms with Gasteiger partial charge in [-0.2, -0.15) is 0 Å². The monoisotopic (exact) mass is 275 g/mol. The van der Waals surface area contributed by atoms with Gasteiger partial charge in [-0.25, -0.2) is 4.79 Å². The zero-order valence-electron chi connectivity index (χ0n) is 12.5. The molecule has 2 rings (SSSR count). The molecular weight excluding hydrogens is 250 g/mol. The first-order valence-electron chi connectivity index (χ1n) is 7.50. The van der Waals surface area contributed by atoms with Crippen LogP contribution in [0.2, 0.25) is 0 Å². The molecule has 1 atom stereocenters. The molecule has 0 radical (unpaired) electrons. The highest BCUT2D eigenvalue weighted by molar-refractivity contribution is 5.74. The van der Waals surface area contributed by atoms with Gasteiger partial charge in [0.2, 0.25) is 0 Å². The molecule has 1 aromatic rings. The number of likely N-dealkylation sites (N-methyl/N-ethyl adjacent to an activating group) is 1. The molecule has 1 aromatic carbocycles. The third-order valence-electron chi connectivity index (χ3n) is 3.86. The number of hydrogen-bond donors (Lipinski definition) is 1. The zero-order valence-corrected chi connectivity index (χ0v) is 12.5. The first-order chi connectivity index (χ1) is 9.69. The van der Waals surface area contributed by atoms with Crippen molar-refractivity contribution in [1.82, 2.24) is 15.1 Å². The summed E-state index contributed by atoms with van der Waals surface area (Å²) in [5, 5.41) is 3.10. The molecule has 4 nitrogen and oxygen atoms in total. The molecule has 1 heterocycles. The minimum atomic E-state index is 0.0733. The maximum Gasteiger partial charge on any atom is 0.317 e. The first-order valence-corrected chi connectivity index (χ1v) is 7.50. The van der Waals surface area contributed by atoms with E-state index in [1.165, 1.54) is 5.56 Å². The van der Waals surface area contributed by atoms with Gasteiger partial charge in [-0.15, -0.1) is 0 Å². The fraction of sp³-hybridized carbons (Fsp3) is 0.562. The molecule has 0 bridgehead atoms. The quantitative estimate of drug-likeness (QED) is 0.912. The van der Waals surface area contributed by atoms with Crippen molar-refractivity contribution >= 4 is 6.03 Å². The number of nitrogens with one attached hydrogen (secondary N) is 1. The minimum Gasteiger partial charge on any atom is -0.335 e. The van der Waals surface area contributed by atoms with Crippen LogP contribution in [0, 0.1) is 0 Å². The van der Waals surface area contributed by atoms with Crippen molar-refractivity contribution in [3.63, 3.8) is 0 Å². The van der Waals surface area contributed by atoms with Gasteiger partial charge >= 0.3 is 6.03 Å². The van der Waals surface area contributed by atoms with Crippen LogP contribution < -0.4 is 5.32 Å². The van der Waals surface area contributed by atoms with Crippen LogP contribution >= 0.6 is 0 Å². The lowest BCUT2D eigenvalue weighted by atomic mass is 10.1. The Kier molecular flexibility index (Phi) is 5.41. The Labute approximate surface area is 121 Å². The Hall–Kier alpha value is -1.55. The molecule has 1 saturated heterocycles. The molecule has 0 spiro atoms. The van der Waals surface area contributed by atoms with Crippen molar-refractivity contribution in [1.29, 1.82) is 0 Å². The van der Waals surface area contributed by atoms with Crippen LogP contribution in [-0.4, -0.2) is 54.6 Å². The van der Waals surface area contributed by atoms with Gasteiger partial charge < -0.3 is 15.1 Å². The summed E-state index contributed by atoms with van der Waals surface area (Å²) in [6.45, 7) is 8.92. The van der Waals surface area contributed by atoms with Crippen LogP contribution in [0.15, 0.2) is 30.3 Å². The molecule has 20 heavy (non-hydrogen) atoms. The number of hydrogen-bond acceptors (Lipinski definition) is 2. The van der Waals surface area contributed by atoms with Gasteiger partial charge in [0, 0.05) is 32.2 Å². The predicted octanol–water partition coefficient (Wildman–Crippen LogP) is 1.96. The number of urea groups is 1.